The summed E-state index contributed by atoms with van der Waals surface area (Å²) in [6.45, 7) is 0. The second-order valence-electron chi connectivity index (χ2n) is 5.92. The molecule has 4 aromatic rings. The SMILES string of the molecule is COc1ccccc1-c1csc2nc(NC(=O)c3cc(=O)[nH]c(CSC)n3)nn12. The Hall–Kier alpha value is -3.18. The number of hydrogen-bond acceptors (Lipinski definition) is 8. The molecule has 11 heteroatoms. The Kier molecular flexibility index (Phi) is 5.32. The van der Waals surface area contributed by atoms with Crippen LogP contribution in [0.1, 0.15) is 16.3 Å². The van der Waals surface area contributed by atoms with Gasteiger partial charge in [0.2, 0.25) is 4.96 Å². The summed E-state index contributed by atoms with van der Waals surface area (Å²) >= 11 is 2.89. The molecule has 0 fully saturated rings. The Bertz CT molecular complexity index is 1250. The van der Waals surface area contributed by atoms with Crippen LogP contribution in [-0.4, -0.2) is 43.8 Å². The molecule has 1 aromatic carbocycles. The summed E-state index contributed by atoms with van der Waals surface area (Å²) in [5, 5.41) is 8.91. The highest BCUT2D eigenvalue weighted by Gasteiger charge is 2.17. The highest BCUT2D eigenvalue weighted by atomic mass is 32.2. The predicted octanol–water partition coefficient (Wildman–Crippen LogP) is 2.67. The van der Waals surface area contributed by atoms with Crippen LogP contribution in [0, 0.1) is 0 Å². The minimum absolute atomic E-state index is 0.0147. The maximum absolute atomic E-state index is 12.5. The van der Waals surface area contributed by atoms with E-state index in [9.17, 15) is 9.59 Å². The number of thiazole rings is 1. The fourth-order valence-electron chi connectivity index (χ4n) is 2.77. The van der Waals surface area contributed by atoms with Crippen LogP contribution in [0.15, 0.2) is 40.5 Å². The zero-order valence-electron chi connectivity index (χ0n) is 15.5. The lowest BCUT2D eigenvalue weighted by molar-refractivity contribution is 0.102. The lowest BCUT2D eigenvalue weighted by atomic mass is 10.1. The summed E-state index contributed by atoms with van der Waals surface area (Å²) in [5.74, 6) is 1.23. The predicted molar refractivity (Wildman–Crippen MR) is 113 cm³/mol. The lowest BCUT2D eigenvalue weighted by Gasteiger charge is -2.06. The van der Waals surface area contributed by atoms with Gasteiger partial charge in [0.05, 0.1) is 18.6 Å². The number of carbonyl (C=O) groups excluding carboxylic acids is 1. The van der Waals surface area contributed by atoms with Gasteiger partial charge in [-0.15, -0.1) is 16.4 Å². The Labute approximate surface area is 173 Å². The summed E-state index contributed by atoms with van der Waals surface area (Å²) in [6.07, 6.45) is 1.88. The van der Waals surface area contributed by atoms with Gasteiger partial charge in [0, 0.05) is 17.0 Å². The fourth-order valence-corrected chi connectivity index (χ4v) is 4.00. The highest BCUT2D eigenvalue weighted by molar-refractivity contribution is 7.97. The number of para-hydroxylation sites is 1. The Morgan fingerprint density at radius 1 is 1.34 bits per heavy atom. The number of H-pyrrole nitrogens is 1. The molecule has 0 saturated carbocycles. The van der Waals surface area contributed by atoms with E-state index in [4.69, 9.17) is 4.74 Å². The summed E-state index contributed by atoms with van der Waals surface area (Å²) in [6, 6.07) is 8.74. The average molecular weight is 428 g/mol. The number of fused-ring (bicyclic) bond motifs is 1. The van der Waals surface area contributed by atoms with Crippen LogP contribution in [0.3, 0.4) is 0 Å². The molecule has 0 aliphatic heterocycles. The number of methoxy groups -OCH3 is 1. The molecule has 1 amide bonds. The van der Waals surface area contributed by atoms with Crippen molar-refractivity contribution >= 4 is 39.9 Å². The smallest absolute Gasteiger partial charge is 0.276 e. The first-order valence-electron chi connectivity index (χ1n) is 8.47. The topological polar surface area (TPSA) is 114 Å². The van der Waals surface area contributed by atoms with E-state index in [2.05, 4.69) is 25.4 Å². The van der Waals surface area contributed by atoms with Gasteiger partial charge in [-0.1, -0.05) is 12.1 Å². The second kappa shape index (κ2) is 8.05. The van der Waals surface area contributed by atoms with Crippen LogP contribution in [0.25, 0.3) is 16.2 Å². The van der Waals surface area contributed by atoms with E-state index in [-0.39, 0.29) is 17.2 Å². The van der Waals surface area contributed by atoms with E-state index in [1.807, 2.05) is 35.9 Å². The first-order valence-corrected chi connectivity index (χ1v) is 10.7. The molecule has 0 unspecified atom stereocenters. The van der Waals surface area contributed by atoms with Crippen LogP contribution in [0.4, 0.5) is 5.95 Å². The Morgan fingerprint density at radius 3 is 2.97 bits per heavy atom. The first-order chi connectivity index (χ1) is 14.1. The number of nitrogens with one attached hydrogen (secondary N) is 2. The van der Waals surface area contributed by atoms with Crippen LogP contribution in [0.2, 0.25) is 0 Å². The number of thioether (sulfide) groups is 1. The van der Waals surface area contributed by atoms with E-state index < -0.39 is 5.91 Å². The number of amides is 1. The van der Waals surface area contributed by atoms with Crippen molar-refractivity contribution in [1.82, 2.24) is 24.6 Å². The highest BCUT2D eigenvalue weighted by Crippen LogP contribution is 2.32. The fraction of sp³-hybridized carbons (Fsp3) is 0.167. The van der Waals surface area contributed by atoms with Crippen LogP contribution in [-0.2, 0) is 5.75 Å². The van der Waals surface area contributed by atoms with E-state index >= 15 is 0 Å². The molecule has 2 N–H and O–H groups in total. The molecule has 4 rings (SSSR count). The standard InChI is InChI=1S/C18H16N6O3S2/c1-27-13-6-4-3-5-10(13)12-8-29-18-22-17(23-24(12)18)21-16(26)11-7-15(25)20-14(19-11)9-28-2/h3-8H,9H2,1-2H3,(H,19,20,25)(H,21,23,26). The molecule has 0 radical (unpaired) electrons. The molecular formula is C18H16N6O3S2. The summed E-state index contributed by atoms with van der Waals surface area (Å²) in [5.41, 5.74) is 1.29. The number of aromatic amines is 1. The molecule has 0 atom stereocenters. The largest absolute Gasteiger partial charge is 0.496 e. The van der Waals surface area contributed by atoms with Crippen molar-refractivity contribution in [2.75, 3.05) is 18.7 Å². The first kappa shape index (κ1) is 19.2. The number of rotatable bonds is 6. The van der Waals surface area contributed by atoms with E-state index in [0.29, 0.717) is 22.3 Å². The number of hydrogen-bond donors (Lipinski definition) is 2. The maximum atomic E-state index is 12.5. The molecule has 0 spiro atoms. The molecule has 3 aromatic heterocycles. The molecule has 0 bridgehead atoms. The van der Waals surface area contributed by atoms with Crippen LogP contribution >= 0.6 is 23.1 Å². The van der Waals surface area contributed by atoms with Gasteiger partial charge in [-0.05, 0) is 18.4 Å². The van der Waals surface area contributed by atoms with Crippen molar-refractivity contribution in [3.05, 3.63) is 57.6 Å². The normalized spacial score (nSPS) is 11.0. The number of benzene rings is 1. The number of anilines is 1. The molecule has 148 valence electrons. The van der Waals surface area contributed by atoms with E-state index in [1.165, 1.54) is 23.1 Å². The van der Waals surface area contributed by atoms with E-state index in [1.54, 1.807) is 11.6 Å². The zero-order chi connectivity index (χ0) is 20.4. The summed E-state index contributed by atoms with van der Waals surface area (Å²) in [4.78, 5) is 36.1. The van der Waals surface area contributed by atoms with Gasteiger partial charge in [0.25, 0.3) is 17.4 Å². The molecule has 0 aliphatic carbocycles. The quantitative estimate of drug-likeness (QED) is 0.485. The van der Waals surface area contributed by atoms with Crippen molar-refractivity contribution < 1.29 is 9.53 Å². The van der Waals surface area contributed by atoms with Crippen molar-refractivity contribution in [3.63, 3.8) is 0 Å². The second-order valence-corrected chi connectivity index (χ2v) is 7.62. The summed E-state index contributed by atoms with van der Waals surface area (Å²) in [7, 11) is 1.61. The van der Waals surface area contributed by atoms with Gasteiger partial charge in [-0.3, -0.25) is 14.9 Å². The number of carbonyl (C=O) groups is 1. The number of nitrogens with zero attached hydrogens (tertiary/aromatic N) is 4. The zero-order valence-corrected chi connectivity index (χ0v) is 17.1. The van der Waals surface area contributed by atoms with Gasteiger partial charge in [-0.2, -0.15) is 16.7 Å². The third kappa shape index (κ3) is 3.87. The summed E-state index contributed by atoms with van der Waals surface area (Å²) < 4.78 is 7.06. The average Bonchev–Trinajstić information content (AvgIpc) is 3.28. The number of ether oxygens (including phenoxy) is 1. The van der Waals surface area contributed by atoms with Crippen molar-refractivity contribution in [2.45, 2.75) is 5.75 Å². The van der Waals surface area contributed by atoms with Gasteiger partial charge in [0.1, 0.15) is 17.3 Å². The van der Waals surface area contributed by atoms with E-state index in [0.717, 1.165) is 17.3 Å². The minimum atomic E-state index is -0.546. The molecule has 3 heterocycles. The lowest BCUT2D eigenvalue weighted by Crippen LogP contribution is -2.20. The van der Waals surface area contributed by atoms with Crippen molar-refractivity contribution in [1.29, 1.82) is 0 Å². The minimum Gasteiger partial charge on any atom is -0.496 e. The maximum Gasteiger partial charge on any atom is 0.276 e. The van der Waals surface area contributed by atoms with Gasteiger partial charge >= 0.3 is 0 Å². The van der Waals surface area contributed by atoms with Crippen LogP contribution in [0.5, 0.6) is 5.75 Å². The molecule has 0 saturated heterocycles. The molecule has 9 nitrogen and oxygen atoms in total. The molecular weight excluding hydrogens is 412 g/mol. The Morgan fingerprint density at radius 2 is 2.17 bits per heavy atom. The van der Waals surface area contributed by atoms with Crippen molar-refractivity contribution in [3.8, 4) is 17.0 Å². The molecule has 0 aliphatic rings. The van der Waals surface area contributed by atoms with Crippen LogP contribution < -0.4 is 15.6 Å². The third-order valence-corrected chi connectivity index (χ3v) is 5.37. The number of aromatic nitrogens is 5. The van der Waals surface area contributed by atoms with Gasteiger partial charge in [-0.25, -0.2) is 9.50 Å². The van der Waals surface area contributed by atoms with Gasteiger partial charge < -0.3 is 9.72 Å². The Balaban J connectivity index is 1.64. The van der Waals surface area contributed by atoms with Gasteiger partial charge in [0.15, 0.2) is 0 Å². The van der Waals surface area contributed by atoms with Crippen molar-refractivity contribution in [2.24, 2.45) is 0 Å². The monoisotopic (exact) mass is 428 g/mol. The third-order valence-electron chi connectivity index (χ3n) is 3.99. The molecule has 29 heavy (non-hydrogen) atoms.